The van der Waals surface area contributed by atoms with E-state index in [-0.39, 0.29) is 4.32 Å². The second-order valence-corrected chi connectivity index (χ2v) is 12.9. The van der Waals surface area contributed by atoms with Crippen LogP contribution in [0.25, 0.3) is 0 Å². The topological polar surface area (TPSA) is 17.1 Å². The minimum absolute atomic E-state index is 0.303. The molecule has 3 fully saturated rings. The lowest BCUT2D eigenvalue weighted by Crippen LogP contribution is -2.34. The molecule has 3 saturated carbocycles. The van der Waals surface area contributed by atoms with Gasteiger partial charge in [-0.2, -0.15) is 0 Å². The highest BCUT2D eigenvalue weighted by molar-refractivity contribution is 9.10. The van der Waals surface area contributed by atoms with E-state index in [2.05, 4.69) is 47.1 Å². The summed E-state index contributed by atoms with van der Waals surface area (Å²) < 4.78 is -0.306. The normalized spacial score (nSPS) is 30.7. The minimum Gasteiger partial charge on any atom is -0.293 e. The lowest BCUT2D eigenvalue weighted by Gasteiger charge is -2.38. The summed E-state index contributed by atoms with van der Waals surface area (Å²) in [6, 6.07) is 8.75. The summed E-state index contributed by atoms with van der Waals surface area (Å²) in [6.07, 6.45) is 22.8. The van der Waals surface area contributed by atoms with Crippen molar-refractivity contribution in [3.05, 3.63) is 35.4 Å². The van der Waals surface area contributed by atoms with Crippen LogP contribution in [0.2, 0.25) is 0 Å². The fourth-order valence-electron chi connectivity index (χ4n) is 7.06. The van der Waals surface area contributed by atoms with Crippen molar-refractivity contribution in [2.24, 2.45) is 17.8 Å². The maximum Gasteiger partial charge on any atom is 0.179 e. The van der Waals surface area contributed by atoms with Gasteiger partial charge in [0.05, 0.1) is 4.32 Å². The summed E-state index contributed by atoms with van der Waals surface area (Å²) in [5.41, 5.74) is 2.36. The largest absolute Gasteiger partial charge is 0.293 e. The van der Waals surface area contributed by atoms with Crippen LogP contribution < -0.4 is 0 Å². The lowest BCUT2D eigenvalue weighted by molar-refractivity contribution is 0.0923. The number of alkyl halides is 1. The van der Waals surface area contributed by atoms with Gasteiger partial charge in [0.15, 0.2) is 5.78 Å². The van der Waals surface area contributed by atoms with Crippen molar-refractivity contribution in [2.45, 2.75) is 126 Å². The molecule has 1 aromatic carbocycles. The van der Waals surface area contributed by atoms with Crippen LogP contribution in [0.1, 0.15) is 138 Å². The molecule has 0 bridgehead atoms. The zero-order valence-corrected chi connectivity index (χ0v) is 22.0. The third-order valence-electron chi connectivity index (χ3n) is 9.24. The monoisotopic (exact) mass is 500 g/mol. The van der Waals surface area contributed by atoms with E-state index in [9.17, 15) is 4.79 Å². The molecule has 32 heavy (non-hydrogen) atoms. The maximum atomic E-state index is 13.1. The lowest BCUT2D eigenvalue weighted by atomic mass is 9.68. The highest BCUT2D eigenvalue weighted by atomic mass is 79.9. The number of hydrogen-bond acceptors (Lipinski definition) is 1. The Labute approximate surface area is 205 Å². The van der Waals surface area contributed by atoms with Gasteiger partial charge in [0.1, 0.15) is 0 Å². The van der Waals surface area contributed by atoms with Gasteiger partial charge < -0.3 is 0 Å². The van der Waals surface area contributed by atoms with E-state index in [1.165, 1.54) is 102 Å². The van der Waals surface area contributed by atoms with Gasteiger partial charge in [0.2, 0.25) is 0 Å². The van der Waals surface area contributed by atoms with Gasteiger partial charge in [-0.3, -0.25) is 4.79 Å². The summed E-state index contributed by atoms with van der Waals surface area (Å²) >= 11 is 3.81. The van der Waals surface area contributed by atoms with Crippen LogP contribution in [0, 0.1) is 17.8 Å². The average Bonchev–Trinajstić information content (AvgIpc) is 2.85. The van der Waals surface area contributed by atoms with E-state index < -0.39 is 0 Å². The van der Waals surface area contributed by atoms with Crippen molar-refractivity contribution in [1.29, 1.82) is 0 Å². The Morgan fingerprint density at radius 2 is 1.44 bits per heavy atom. The number of halogens is 1. The number of carbonyl (C=O) groups is 1. The SMILES string of the molecule is CCCCCC1CCC(C2CCC(c3ccc(C(=O)C4(Br)CCCCC4)cc3)CC2)CC1. The Morgan fingerprint density at radius 1 is 0.844 bits per heavy atom. The Hall–Kier alpha value is -0.630. The van der Waals surface area contributed by atoms with Crippen LogP contribution in [-0.4, -0.2) is 10.1 Å². The van der Waals surface area contributed by atoms with Crippen LogP contribution in [0.5, 0.6) is 0 Å². The smallest absolute Gasteiger partial charge is 0.179 e. The Morgan fingerprint density at radius 3 is 2.03 bits per heavy atom. The van der Waals surface area contributed by atoms with Gasteiger partial charge in [-0.05, 0) is 80.6 Å². The highest BCUT2D eigenvalue weighted by Gasteiger charge is 2.37. The van der Waals surface area contributed by atoms with Gasteiger partial charge in [-0.1, -0.05) is 105 Å². The molecule has 0 unspecified atom stereocenters. The molecular weight excluding hydrogens is 456 g/mol. The standard InChI is InChI=1S/C30H45BrO/c1-2-3-5-8-23-9-11-24(12-10-23)25-13-15-26(16-14-25)27-17-19-28(20-18-27)29(32)30(31)21-6-4-7-22-30/h17-20,23-26H,2-16,21-22H2,1H3. The Bertz CT molecular complexity index is 701. The molecule has 178 valence electrons. The van der Waals surface area contributed by atoms with E-state index >= 15 is 0 Å². The molecule has 3 aliphatic carbocycles. The first kappa shape index (κ1) is 24.5. The van der Waals surface area contributed by atoms with Crippen LogP contribution in [0.4, 0.5) is 0 Å². The molecule has 1 aromatic rings. The van der Waals surface area contributed by atoms with Crippen LogP contribution in [0.15, 0.2) is 24.3 Å². The second kappa shape index (κ2) is 11.7. The van der Waals surface area contributed by atoms with Crippen LogP contribution in [0.3, 0.4) is 0 Å². The molecule has 0 amide bonds. The van der Waals surface area contributed by atoms with Crippen LogP contribution >= 0.6 is 15.9 Å². The van der Waals surface area contributed by atoms with E-state index in [4.69, 9.17) is 0 Å². The first-order valence-electron chi connectivity index (χ1n) is 13.9. The predicted molar refractivity (Wildman–Crippen MR) is 140 cm³/mol. The molecule has 0 aliphatic heterocycles. The van der Waals surface area contributed by atoms with Crippen molar-refractivity contribution in [1.82, 2.24) is 0 Å². The van der Waals surface area contributed by atoms with Gasteiger partial charge in [0, 0.05) is 5.56 Å². The molecule has 0 atom stereocenters. The molecule has 3 aliphatic rings. The summed E-state index contributed by atoms with van der Waals surface area (Å²) in [5, 5.41) is 0. The second-order valence-electron chi connectivity index (χ2n) is 11.4. The third-order valence-corrected chi connectivity index (χ3v) is 10.4. The molecular formula is C30H45BrO. The third kappa shape index (κ3) is 6.08. The van der Waals surface area contributed by atoms with Crippen molar-refractivity contribution in [2.75, 3.05) is 0 Å². The zero-order valence-electron chi connectivity index (χ0n) is 20.4. The fourth-order valence-corrected chi connectivity index (χ4v) is 7.85. The fraction of sp³-hybridized carbons (Fsp3) is 0.767. The number of benzene rings is 1. The van der Waals surface area contributed by atoms with E-state index in [1.54, 1.807) is 0 Å². The predicted octanol–water partition coefficient (Wildman–Crippen LogP) is 9.63. The summed E-state index contributed by atoms with van der Waals surface area (Å²) in [6.45, 7) is 2.32. The number of unbranched alkanes of at least 4 members (excludes halogenated alkanes) is 2. The molecule has 4 rings (SSSR count). The Kier molecular flexibility index (Phi) is 8.94. The van der Waals surface area contributed by atoms with Gasteiger partial charge >= 0.3 is 0 Å². The molecule has 0 aromatic heterocycles. The van der Waals surface area contributed by atoms with Crippen molar-refractivity contribution < 1.29 is 4.79 Å². The van der Waals surface area contributed by atoms with Crippen molar-refractivity contribution >= 4 is 21.7 Å². The van der Waals surface area contributed by atoms with Crippen molar-refractivity contribution in [3.63, 3.8) is 0 Å². The number of hydrogen-bond donors (Lipinski definition) is 0. The van der Waals surface area contributed by atoms with Gasteiger partial charge in [0.25, 0.3) is 0 Å². The first-order chi connectivity index (χ1) is 15.6. The maximum absolute atomic E-state index is 13.1. The number of Topliss-reactive ketones (excluding diaryl/α,β-unsaturated/α-hetero) is 1. The van der Waals surface area contributed by atoms with Crippen LogP contribution in [-0.2, 0) is 0 Å². The average molecular weight is 502 g/mol. The number of ketones is 1. The molecule has 0 spiro atoms. The summed E-state index contributed by atoms with van der Waals surface area (Å²) in [4.78, 5) is 13.1. The molecule has 0 N–H and O–H groups in total. The van der Waals surface area contributed by atoms with E-state index in [0.717, 1.165) is 36.2 Å². The Balaban J connectivity index is 1.24. The van der Waals surface area contributed by atoms with Gasteiger partial charge in [-0.15, -0.1) is 0 Å². The summed E-state index contributed by atoms with van der Waals surface area (Å²) in [7, 11) is 0. The van der Waals surface area contributed by atoms with E-state index in [0.29, 0.717) is 11.7 Å². The first-order valence-corrected chi connectivity index (χ1v) is 14.7. The quantitative estimate of drug-likeness (QED) is 0.197. The summed E-state index contributed by atoms with van der Waals surface area (Å²) in [5.74, 6) is 4.01. The van der Waals surface area contributed by atoms with Gasteiger partial charge in [-0.25, -0.2) is 0 Å². The van der Waals surface area contributed by atoms with E-state index in [1.807, 2.05) is 0 Å². The van der Waals surface area contributed by atoms with Crippen molar-refractivity contribution in [3.8, 4) is 0 Å². The number of carbonyl (C=O) groups excluding carboxylic acids is 1. The molecule has 1 nitrogen and oxygen atoms in total. The molecule has 2 heteroatoms. The molecule has 0 saturated heterocycles. The minimum atomic E-state index is -0.306. The molecule has 0 radical (unpaired) electrons. The zero-order chi connectivity index (χ0) is 22.4. The molecule has 0 heterocycles. The highest BCUT2D eigenvalue weighted by Crippen LogP contribution is 2.45. The number of rotatable bonds is 8.